The molecule has 0 atom stereocenters. The molecular formula is C22H17N3O6S2. The molecule has 1 amide bonds. The fraction of sp³-hybridized carbons (Fsp3) is 0.136. The lowest BCUT2D eigenvalue weighted by Gasteiger charge is -2.20. The average Bonchev–Trinajstić information content (AvgIpc) is 3.44. The number of fused-ring (bicyclic) bond motifs is 1. The van der Waals surface area contributed by atoms with Gasteiger partial charge in [0, 0.05) is 34.5 Å². The van der Waals surface area contributed by atoms with E-state index < -0.39 is 10.9 Å². The van der Waals surface area contributed by atoms with E-state index in [1.807, 2.05) is 0 Å². The number of hydrogen-bond acceptors (Lipinski definition) is 9. The van der Waals surface area contributed by atoms with Crippen LogP contribution >= 0.6 is 22.7 Å². The summed E-state index contributed by atoms with van der Waals surface area (Å²) in [5.41, 5.74) is 1.01. The molecule has 0 aliphatic heterocycles. The minimum Gasteiger partial charge on any atom is -0.495 e. The molecule has 0 saturated carbocycles. The maximum Gasteiger partial charge on any atom is 0.348 e. The molecule has 0 spiro atoms. The Balaban J connectivity index is 1.49. The van der Waals surface area contributed by atoms with E-state index in [0.717, 1.165) is 4.70 Å². The summed E-state index contributed by atoms with van der Waals surface area (Å²) in [6, 6.07) is 13.1. The smallest absolute Gasteiger partial charge is 0.348 e. The van der Waals surface area contributed by atoms with E-state index in [-0.39, 0.29) is 18.2 Å². The fourth-order valence-corrected chi connectivity index (χ4v) is 4.94. The first-order valence-corrected chi connectivity index (χ1v) is 11.3. The van der Waals surface area contributed by atoms with E-state index in [9.17, 15) is 19.7 Å². The van der Waals surface area contributed by atoms with Gasteiger partial charge in [0.2, 0.25) is 5.91 Å². The maximum atomic E-state index is 12.5. The van der Waals surface area contributed by atoms with Crippen LogP contribution in [-0.4, -0.2) is 28.9 Å². The Hall–Kier alpha value is -3.83. The molecule has 0 radical (unpaired) electrons. The number of amides is 1. The zero-order valence-corrected chi connectivity index (χ0v) is 19.1. The van der Waals surface area contributed by atoms with Crippen molar-refractivity contribution in [2.45, 2.75) is 13.5 Å². The highest BCUT2D eigenvalue weighted by Crippen LogP contribution is 2.35. The van der Waals surface area contributed by atoms with Crippen LogP contribution in [0.15, 0.2) is 53.9 Å². The molecule has 0 saturated heterocycles. The molecule has 4 rings (SSSR count). The molecule has 168 valence electrons. The lowest BCUT2D eigenvalue weighted by Crippen LogP contribution is -2.23. The third-order valence-electron chi connectivity index (χ3n) is 4.63. The van der Waals surface area contributed by atoms with Crippen molar-refractivity contribution in [3.8, 4) is 5.75 Å². The first kappa shape index (κ1) is 22.4. The molecule has 0 fully saturated rings. The highest BCUT2D eigenvalue weighted by molar-refractivity contribution is 7.20. The number of thiophene rings is 1. The Morgan fingerprint density at radius 1 is 1.18 bits per heavy atom. The number of benzene rings is 2. The van der Waals surface area contributed by atoms with Crippen LogP contribution in [0, 0.1) is 10.1 Å². The molecule has 0 aliphatic rings. The van der Waals surface area contributed by atoms with Crippen molar-refractivity contribution in [3.63, 3.8) is 0 Å². The van der Waals surface area contributed by atoms with Crippen LogP contribution in [0.1, 0.15) is 22.3 Å². The number of nitro groups is 1. The Kier molecular flexibility index (Phi) is 6.33. The second kappa shape index (κ2) is 9.35. The van der Waals surface area contributed by atoms with Crippen LogP contribution < -0.4 is 9.64 Å². The molecule has 2 aromatic carbocycles. The molecule has 0 N–H and O–H groups in total. The molecule has 0 aliphatic carbocycles. The lowest BCUT2D eigenvalue weighted by molar-refractivity contribution is -0.384. The van der Waals surface area contributed by atoms with Gasteiger partial charge in [-0.25, -0.2) is 9.78 Å². The summed E-state index contributed by atoms with van der Waals surface area (Å²) < 4.78 is 11.5. The van der Waals surface area contributed by atoms with Gasteiger partial charge >= 0.3 is 5.97 Å². The van der Waals surface area contributed by atoms with Crippen molar-refractivity contribution in [1.29, 1.82) is 0 Å². The van der Waals surface area contributed by atoms with Gasteiger partial charge < -0.3 is 9.47 Å². The third kappa shape index (κ3) is 4.69. The maximum absolute atomic E-state index is 12.5. The van der Waals surface area contributed by atoms with Crippen molar-refractivity contribution in [1.82, 2.24) is 4.98 Å². The molecule has 11 heteroatoms. The normalized spacial score (nSPS) is 10.7. The highest BCUT2D eigenvalue weighted by atomic mass is 32.1. The highest BCUT2D eigenvalue weighted by Gasteiger charge is 2.22. The number of carbonyl (C=O) groups is 2. The summed E-state index contributed by atoms with van der Waals surface area (Å²) in [6.07, 6.45) is 0. The number of nitrogens with zero attached hydrogens (tertiary/aromatic N) is 3. The van der Waals surface area contributed by atoms with Crippen LogP contribution in [0.4, 0.5) is 16.5 Å². The monoisotopic (exact) mass is 483 g/mol. The number of carbonyl (C=O) groups excluding carboxylic acids is 2. The number of esters is 1. The van der Waals surface area contributed by atoms with Crippen LogP contribution in [0.2, 0.25) is 0 Å². The number of hydrogen-bond donors (Lipinski definition) is 0. The molecule has 33 heavy (non-hydrogen) atoms. The summed E-state index contributed by atoms with van der Waals surface area (Å²) in [5.74, 6) is -0.265. The van der Waals surface area contributed by atoms with Gasteiger partial charge in [0.15, 0.2) is 5.13 Å². The molecule has 9 nitrogen and oxygen atoms in total. The second-order valence-electron chi connectivity index (χ2n) is 6.81. The van der Waals surface area contributed by atoms with Crippen LogP contribution in [0.25, 0.3) is 10.1 Å². The third-order valence-corrected chi connectivity index (χ3v) is 6.61. The number of rotatable bonds is 7. The summed E-state index contributed by atoms with van der Waals surface area (Å²) in [6.45, 7) is 1.35. The van der Waals surface area contributed by atoms with E-state index in [2.05, 4.69) is 4.98 Å². The van der Waals surface area contributed by atoms with Gasteiger partial charge in [-0.15, -0.1) is 22.7 Å². The van der Waals surface area contributed by atoms with E-state index in [4.69, 9.17) is 9.47 Å². The van der Waals surface area contributed by atoms with Gasteiger partial charge in [-0.1, -0.05) is 12.1 Å². The van der Waals surface area contributed by atoms with Crippen molar-refractivity contribution < 1.29 is 24.0 Å². The van der Waals surface area contributed by atoms with Crippen LogP contribution in [0.5, 0.6) is 5.75 Å². The first-order valence-electron chi connectivity index (χ1n) is 9.60. The van der Waals surface area contributed by atoms with Crippen LogP contribution in [0.3, 0.4) is 0 Å². The van der Waals surface area contributed by atoms with Crippen molar-refractivity contribution >= 4 is 61.1 Å². The predicted molar refractivity (Wildman–Crippen MR) is 126 cm³/mol. The minimum absolute atomic E-state index is 0.0414. The fourth-order valence-electron chi connectivity index (χ4n) is 3.14. The Bertz CT molecular complexity index is 1360. The standard InChI is InChI=1S/C22H17N3O6S2/c1-13(26)24(17-5-3-4-6-18(17)30-2)22-23-15(12-32-22)11-31-21(27)20-10-14-9-16(25(28)29)7-8-19(14)33-20/h3-10,12H,11H2,1-2H3. The molecule has 0 bridgehead atoms. The van der Waals surface area contributed by atoms with E-state index in [1.54, 1.807) is 41.8 Å². The number of methoxy groups -OCH3 is 1. The number of anilines is 2. The molecule has 2 heterocycles. The quantitative estimate of drug-likeness (QED) is 0.199. The molecular weight excluding hydrogens is 466 g/mol. The summed E-state index contributed by atoms with van der Waals surface area (Å²) in [5, 5.41) is 13.7. The number of nitro benzene ring substituents is 1. The first-order chi connectivity index (χ1) is 15.9. The number of non-ortho nitro benzene ring substituents is 1. The number of para-hydroxylation sites is 2. The number of thiazole rings is 1. The van der Waals surface area contributed by atoms with Gasteiger partial charge in [-0.05, 0) is 24.3 Å². The van der Waals surface area contributed by atoms with Crippen molar-refractivity contribution in [3.05, 3.63) is 74.6 Å². The molecule has 4 aromatic rings. The lowest BCUT2D eigenvalue weighted by atomic mass is 10.2. The Morgan fingerprint density at radius 2 is 1.97 bits per heavy atom. The Morgan fingerprint density at radius 3 is 2.70 bits per heavy atom. The molecule has 2 aromatic heterocycles. The largest absolute Gasteiger partial charge is 0.495 e. The SMILES string of the molecule is COc1ccccc1N(C(C)=O)c1nc(COC(=O)c2cc3cc([N+](=O)[O-])ccc3s2)cs1. The van der Waals surface area contributed by atoms with Crippen molar-refractivity contribution in [2.75, 3.05) is 12.0 Å². The zero-order valence-electron chi connectivity index (χ0n) is 17.5. The second-order valence-corrected chi connectivity index (χ2v) is 8.73. The Labute approximate surface area is 196 Å². The van der Waals surface area contributed by atoms with E-state index in [0.29, 0.717) is 32.5 Å². The van der Waals surface area contributed by atoms with Crippen LogP contribution in [-0.2, 0) is 16.1 Å². The molecule has 0 unspecified atom stereocenters. The van der Waals surface area contributed by atoms with Gasteiger partial charge in [-0.2, -0.15) is 0 Å². The topological polar surface area (TPSA) is 112 Å². The predicted octanol–water partition coefficient (Wildman–Crippen LogP) is 5.32. The van der Waals surface area contributed by atoms with Gasteiger partial charge in [-0.3, -0.25) is 19.8 Å². The van der Waals surface area contributed by atoms with Gasteiger partial charge in [0.25, 0.3) is 5.69 Å². The van der Waals surface area contributed by atoms with Crippen molar-refractivity contribution in [2.24, 2.45) is 0 Å². The zero-order chi connectivity index (χ0) is 23.5. The summed E-state index contributed by atoms with van der Waals surface area (Å²) >= 11 is 2.44. The summed E-state index contributed by atoms with van der Waals surface area (Å²) in [7, 11) is 1.52. The van der Waals surface area contributed by atoms with E-state index >= 15 is 0 Å². The van der Waals surface area contributed by atoms with Gasteiger partial charge in [0.05, 0.1) is 23.4 Å². The minimum atomic E-state index is -0.554. The summed E-state index contributed by atoms with van der Waals surface area (Å²) in [4.78, 5) is 41.5. The average molecular weight is 484 g/mol. The van der Waals surface area contributed by atoms with E-state index in [1.165, 1.54) is 53.7 Å². The number of ether oxygens (including phenoxy) is 2. The number of aromatic nitrogens is 1. The van der Waals surface area contributed by atoms with Gasteiger partial charge in [0.1, 0.15) is 17.2 Å².